The summed E-state index contributed by atoms with van der Waals surface area (Å²) >= 11 is 0. The largest absolute Gasteiger partial charge is 0.374 e. The standard InChI is InChI=1S/C26H23N9O/c1-15(25-28-10-4-11-29-25)30-20-14-21(36)31-26-24(20)32-22(23(33-26)19-8-12-35(2)34-19)17-6-7-18-16(13-17)5-3-9-27-18/h3-15,21,30,36H,1-2H3,(H,31,33). The van der Waals surface area contributed by atoms with E-state index in [2.05, 4.69) is 30.7 Å². The molecule has 0 saturated carbocycles. The highest BCUT2D eigenvalue weighted by atomic mass is 16.3. The molecule has 3 N–H and O–H groups in total. The molecule has 10 nitrogen and oxygen atoms in total. The number of aliphatic hydroxyl groups is 1. The quantitative estimate of drug-likeness (QED) is 0.349. The predicted molar refractivity (Wildman–Crippen MR) is 136 cm³/mol. The average molecular weight is 478 g/mol. The van der Waals surface area contributed by atoms with Gasteiger partial charge in [-0.05, 0) is 43.3 Å². The molecule has 0 aliphatic carbocycles. The van der Waals surface area contributed by atoms with E-state index in [1.165, 1.54) is 0 Å². The molecule has 0 radical (unpaired) electrons. The third kappa shape index (κ3) is 4.03. The molecule has 6 rings (SSSR count). The fourth-order valence-electron chi connectivity index (χ4n) is 4.24. The van der Waals surface area contributed by atoms with Crippen LogP contribution >= 0.6 is 0 Å². The van der Waals surface area contributed by atoms with Gasteiger partial charge in [0.25, 0.3) is 0 Å². The lowest BCUT2D eigenvalue weighted by atomic mass is 10.0. The summed E-state index contributed by atoms with van der Waals surface area (Å²) in [7, 11) is 1.86. The summed E-state index contributed by atoms with van der Waals surface area (Å²) in [5.74, 6) is 1.09. The zero-order valence-corrected chi connectivity index (χ0v) is 19.7. The number of pyridine rings is 1. The third-order valence-electron chi connectivity index (χ3n) is 5.94. The van der Waals surface area contributed by atoms with Gasteiger partial charge in [-0.15, -0.1) is 0 Å². The normalized spacial score (nSPS) is 15.6. The Morgan fingerprint density at radius 2 is 1.81 bits per heavy atom. The van der Waals surface area contributed by atoms with Crippen LogP contribution in [0.3, 0.4) is 0 Å². The summed E-state index contributed by atoms with van der Waals surface area (Å²) in [5.41, 5.74) is 4.97. The van der Waals surface area contributed by atoms with Gasteiger partial charge in [0.1, 0.15) is 29.1 Å². The van der Waals surface area contributed by atoms with Crippen molar-refractivity contribution < 1.29 is 5.11 Å². The van der Waals surface area contributed by atoms with Crippen LogP contribution in [0.4, 0.5) is 5.82 Å². The Labute approximate surface area is 206 Å². The SMILES string of the molecule is CC(NC1=CC(O)Nc2nc(-c3ccn(C)n3)c(-c3ccc4ncccc4c3)nc21)c1ncccn1. The molecule has 0 spiro atoms. The molecule has 1 aromatic carbocycles. The van der Waals surface area contributed by atoms with Gasteiger partial charge in [-0.25, -0.2) is 19.9 Å². The van der Waals surface area contributed by atoms with Crippen molar-refractivity contribution in [2.45, 2.75) is 19.2 Å². The first-order chi connectivity index (χ1) is 17.5. The molecule has 0 saturated heterocycles. The third-order valence-corrected chi connectivity index (χ3v) is 5.94. The summed E-state index contributed by atoms with van der Waals surface area (Å²) in [6.07, 6.45) is 7.77. The molecule has 1 aliphatic rings. The van der Waals surface area contributed by atoms with Crippen molar-refractivity contribution in [1.29, 1.82) is 0 Å². The molecule has 5 aromatic rings. The molecule has 5 heterocycles. The Kier molecular flexibility index (Phi) is 5.34. The minimum absolute atomic E-state index is 0.219. The summed E-state index contributed by atoms with van der Waals surface area (Å²) in [5, 5.41) is 22.5. The van der Waals surface area contributed by atoms with E-state index < -0.39 is 6.23 Å². The second-order valence-electron chi connectivity index (χ2n) is 8.55. The van der Waals surface area contributed by atoms with E-state index in [-0.39, 0.29) is 6.04 Å². The second-order valence-corrected chi connectivity index (χ2v) is 8.55. The van der Waals surface area contributed by atoms with Gasteiger partial charge in [0.2, 0.25) is 0 Å². The molecule has 178 valence electrons. The number of rotatable bonds is 5. The van der Waals surface area contributed by atoms with Crippen LogP contribution in [0, 0.1) is 0 Å². The number of anilines is 1. The lowest BCUT2D eigenvalue weighted by molar-refractivity contribution is 0.250. The van der Waals surface area contributed by atoms with Crippen LogP contribution < -0.4 is 10.6 Å². The molecule has 1 aliphatic heterocycles. The van der Waals surface area contributed by atoms with Gasteiger partial charge in [-0.2, -0.15) is 5.10 Å². The molecule has 2 atom stereocenters. The summed E-state index contributed by atoms with van der Waals surface area (Å²) in [6.45, 7) is 1.96. The Morgan fingerprint density at radius 3 is 2.61 bits per heavy atom. The molecule has 0 bridgehead atoms. The first-order valence-corrected chi connectivity index (χ1v) is 11.5. The Morgan fingerprint density at radius 1 is 0.972 bits per heavy atom. The predicted octanol–water partition coefficient (Wildman–Crippen LogP) is 3.32. The number of hydrogen-bond acceptors (Lipinski definition) is 9. The molecule has 2 unspecified atom stereocenters. The number of fused-ring (bicyclic) bond motifs is 2. The van der Waals surface area contributed by atoms with E-state index in [4.69, 9.17) is 9.97 Å². The molecule has 0 amide bonds. The molecule has 4 aromatic heterocycles. The summed E-state index contributed by atoms with van der Waals surface area (Å²) < 4.78 is 1.72. The van der Waals surface area contributed by atoms with E-state index in [0.717, 1.165) is 16.5 Å². The van der Waals surface area contributed by atoms with Crippen molar-refractivity contribution in [3.8, 4) is 22.6 Å². The van der Waals surface area contributed by atoms with Crippen LogP contribution in [0.15, 0.2) is 73.3 Å². The van der Waals surface area contributed by atoms with E-state index in [0.29, 0.717) is 40.1 Å². The number of aromatic nitrogens is 7. The van der Waals surface area contributed by atoms with Gasteiger partial charge in [-0.3, -0.25) is 9.67 Å². The van der Waals surface area contributed by atoms with E-state index >= 15 is 0 Å². The summed E-state index contributed by atoms with van der Waals surface area (Å²) in [4.78, 5) is 23.1. The van der Waals surface area contributed by atoms with Crippen molar-refractivity contribution in [2.24, 2.45) is 7.05 Å². The van der Waals surface area contributed by atoms with Gasteiger partial charge in [0.15, 0.2) is 5.82 Å². The van der Waals surface area contributed by atoms with E-state index in [1.807, 2.05) is 56.6 Å². The van der Waals surface area contributed by atoms with Crippen molar-refractivity contribution in [3.05, 3.63) is 84.8 Å². The van der Waals surface area contributed by atoms with Gasteiger partial charge in [0.05, 0.1) is 22.9 Å². The van der Waals surface area contributed by atoms with Crippen LogP contribution in [0.5, 0.6) is 0 Å². The Balaban J connectivity index is 1.50. The number of aliphatic hydroxyl groups excluding tert-OH is 1. The highest BCUT2D eigenvalue weighted by molar-refractivity contribution is 5.88. The number of nitrogens with zero attached hydrogens (tertiary/aromatic N) is 7. The Hall–Kier alpha value is -4.70. The van der Waals surface area contributed by atoms with E-state index in [1.54, 1.807) is 35.4 Å². The van der Waals surface area contributed by atoms with Crippen LogP contribution in [-0.4, -0.2) is 46.0 Å². The maximum atomic E-state index is 10.5. The van der Waals surface area contributed by atoms with Crippen molar-refractivity contribution in [2.75, 3.05) is 5.32 Å². The fourth-order valence-corrected chi connectivity index (χ4v) is 4.24. The monoisotopic (exact) mass is 477 g/mol. The van der Waals surface area contributed by atoms with Crippen molar-refractivity contribution in [3.63, 3.8) is 0 Å². The lowest BCUT2D eigenvalue weighted by Crippen LogP contribution is -2.29. The van der Waals surface area contributed by atoms with Gasteiger partial charge < -0.3 is 15.7 Å². The second kappa shape index (κ2) is 8.82. The van der Waals surface area contributed by atoms with Gasteiger partial charge in [0, 0.05) is 42.8 Å². The number of hydrogen-bond donors (Lipinski definition) is 3. The highest BCUT2D eigenvalue weighted by Gasteiger charge is 2.26. The maximum absolute atomic E-state index is 10.5. The number of aryl methyl sites for hydroxylation is 1. The fraction of sp³-hybridized carbons (Fsp3) is 0.154. The highest BCUT2D eigenvalue weighted by Crippen LogP contribution is 2.35. The van der Waals surface area contributed by atoms with Crippen LogP contribution in [0.2, 0.25) is 0 Å². The first-order valence-electron chi connectivity index (χ1n) is 11.5. The van der Waals surface area contributed by atoms with Gasteiger partial charge in [-0.1, -0.05) is 12.1 Å². The minimum atomic E-state index is -0.938. The number of benzene rings is 1. The first kappa shape index (κ1) is 21.8. The lowest BCUT2D eigenvalue weighted by Gasteiger charge is -2.25. The summed E-state index contributed by atoms with van der Waals surface area (Å²) in [6, 6.07) is 13.4. The molecule has 10 heteroatoms. The smallest absolute Gasteiger partial charge is 0.157 e. The zero-order valence-electron chi connectivity index (χ0n) is 19.7. The van der Waals surface area contributed by atoms with Crippen molar-refractivity contribution >= 4 is 22.4 Å². The number of nitrogens with one attached hydrogen (secondary N) is 2. The van der Waals surface area contributed by atoms with Gasteiger partial charge >= 0.3 is 0 Å². The molecular weight excluding hydrogens is 454 g/mol. The topological polar surface area (TPSA) is 127 Å². The van der Waals surface area contributed by atoms with E-state index in [9.17, 15) is 5.11 Å². The van der Waals surface area contributed by atoms with Crippen molar-refractivity contribution in [1.82, 2.24) is 40.0 Å². The maximum Gasteiger partial charge on any atom is 0.157 e. The van der Waals surface area contributed by atoms with Crippen LogP contribution in [0.1, 0.15) is 24.5 Å². The minimum Gasteiger partial charge on any atom is -0.374 e. The molecule has 36 heavy (non-hydrogen) atoms. The zero-order chi connectivity index (χ0) is 24.6. The molecular formula is C26H23N9O. The van der Waals surface area contributed by atoms with Crippen LogP contribution in [0.25, 0.3) is 39.2 Å². The van der Waals surface area contributed by atoms with Crippen LogP contribution in [-0.2, 0) is 7.05 Å². The average Bonchev–Trinajstić information content (AvgIpc) is 3.34. The Bertz CT molecular complexity index is 1600. The molecule has 0 fully saturated rings.